The third kappa shape index (κ3) is 5.37. The van der Waals surface area contributed by atoms with Crippen LogP contribution in [0.4, 0.5) is 0 Å². The highest BCUT2D eigenvalue weighted by atomic mass is 16.2. The van der Waals surface area contributed by atoms with E-state index < -0.39 is 0 Å². The van der Waals surface area contributed by atoms with Crippen molar-refractivity contribution in [1.82, 2.24) is 15.1 Å². The van der Waals surface area contributed by atoms with Gasteiger partial charge in [0.15, 0.2) is 0 Å². The predicted octanol–water partition coefficient (Wildman–Crippen LogP) is 0.329. The third-order valence-electron chi connectivity index (χ3n) is 4.10. The van der Waals surface area contributed by atoms with E-state index in [1.807, 2.05) is 24.3 Å². The van der Waals surface area contributed by atoms with Gasteiger partial charge in [0.1, 0.15) is 11.6 Å². The molecule has 3 N–H and O–H groups in total. The van der Waals surface area contributed by atoms with Gasteiger partial charge in [-0.3, -0.25) is 9.69 Å². The Balaban J connectivity index is 1.80. The standard InChI is InChI=1S/C18H25N5O/c19-7-9-22-10-12-23(13-11-22)18(24)17(14-20)15-21-8-6-16-4-2-1-3-5-16/h1-5,15,21H,6-13,19H2/b17-15-. The minimum absolute atomic E-state index is 0.162. The smallest absolute Gasteiger partial charge is 0.266 e. The molecule has 1 aliphatic rings. The molecule has 0 radical (unpaired) electrons. The van der Waals surface area contributed by atoms with Gasteiger partial charge in [-0.2, -0.15) is 5.26 Å². The first-order valence-corrected chi connectivity index (χ1v) is 8.34. The molecule has 1 saturated heterocycles. The van der Waals surface area contributed by atoms with E-state index in [1.165, 1.54) is 11.8 Å². The van der Waals surface area contributed by atoms with Gasteiger partial charge in [-0.15, -0.1) is 0 Å². The first-order valence-electron chi connectivity index (χ1n) is 8.34. The van der Waals surface area contributed by atoms with Gasteiger partial charge in [0.05, 0.1) is 0 Å². The molecule has 1 amide bonds. The fourth-order valence-electron chi connectivity index (χ4n) is 2.70. The monoisotopic (exact) mass is 327 g/mol. The Labute approximate surface area is 143 Å². The summed E-state index contributed by atoms with van der Waals surface area (Å²) in [5.74, 6) is -0.197. The molecule has 128 valence electrons. The van der Waals surface area contributed by atoms with Gasteiger partial charge < -0.3 is 16.0 Å². The molecule has 0 bridgehead atoms. The second-order valence-corrected chi connectivity index (χ2v) is 5.78. The molecule has 1 fully saturated rings. The summed E-state index contributed by atoms with van der Waals surface area (Å²) in [6, 6.07) is 12.1. The van der Waals surface area contributed by atoms with Crippen LogP contribution < -0.4 is 11.1 Å². The number of hydrogen-bond acceptors (Lipinski definition) is 5. The third-order valence-corrected chi connectivity index (χ3v) is 4.10. The van der Waals surface area contributed by atoms with E-state index in [2.05, 4.69) is 22.3 Å². The lowest BCUT2D eigenvalue weighted by molar-refractivity contribution is -0.128. The maximum Gasteiger partial charge on any atom is 0.266 e. The minimum atomic E-state index is -0.197. The molecule has 0 saturated carbocycles. The van der Waals surface area contributed by atoms with Crippen LogP contribution in [0.3, 0.4) is 0 Å². The number of piperazine rings is 1. The maximum absolute atomic E-state index is 12.4. The number of rotatable bonds is 7. The van der Waals surface area contributed by atoms with Crippen molar-refractivity contribution in [2.45, 2.75) is 6.42 Å². The van der Waals surface area contributed by atoms with E-state index in [0.29, 0.717) is 26.2 Å². The van der Waals surface area contributed by atoms with Gasteiger partial charge in [0, 0.05) is 52.0 Å². The lowest BCUT2D eigenvalue weighted by Gasteiger charge is -2.34. The van der Waals surface area contributed by atoms with E-state index in [-0.39, 0.29) is 11.5 Å². The van der Waals surface area contributed by atoms with Crippen LogP contribution in [0.5, 0.6) is 0 Å². The largest absolute Gasteiger partial charge is 0.389 e. The van der Waals surface area contributed by atoms with E-state index >= 15 is 0 Å². The molecule has 0 aromatic heterocycles. The molecule has 2 rings (SSSR count). The zero-order valence-corrected chi connectivity index (χ0v) is 13.9. The Bertz CT molecular complexity index is 585. The van der Waals surface area contributed by atoms with Crippen molar-refractivity contribution in [1.29, 1.82) is 5.26 Å². The fraction of sp³-hybridized carbons (Fsp3) is 0.444. The topological polar surface area (TPSA) is 85.4 Å². The van der Waals surface area contributed by atoms with Gasteiger partial charge in [-0.1, -0.05) is 30.3 Å². The van der Waals surface area contributed by atoms with E-state index in [0.717, 1.165) is 26.1 Å². The summed E-state index contributed by atoms with van der Waals surface area (Å²) in [7, 11) is 0. The molecular formula is C18H25N5O. The van der Waals surface area contributed by atoms with Gasteiger partial charge in [-0.05, 0) is 12.0 Å². The SMILES string of the molecule is N#C/C(=C/NCCc1ccccc1)C(=O)N1CCN(CCN)CC1. The van der Waals surface area contributed by atoms with Gasteiger partial charge >= 0.3 is 0 Å². The van der Waals surface area contributed by atoms with Crippen molar-refractivity contribution in [3.05, 3.63) is 47.7 Å². The minimum Gasteiger partial charge on any atom is -0.389 e. The molecule has 1 heterocycles. The number of carbonyl (C=O) groups is 1. The number of hydrogen-bond donors (Lipinski definition) is 2. The summed E-state index contributed by atoms with van der Waals surface area (Å²) < 4.78 is 0. The zero-order chi connectivity index (χ0) is 17.2. The normalized spacial score (nSPS) is 15.8. The van der Waals surface area contributed by atoms with Crippen molar-refractivity contribution in [2.75, 3.05) is 45.8 Å². The summed E-state index contributed by atoms with van der Waals surface area (Å²) in [6.45, 7) is 5.06. The van der Waals surface area contributed by atoms with Gasteiger partial charge in [0.25, 0.3) is 5.91 Å². The maximum atomic E-state index is 12.4. The number of nitrogens with two attached hydrogens (primary N) is 1. The van der Waals surface area contributed by atoms with Crippen LogP contribution in [-0.2, 0) is 11.2 Å². The first-order chi connectivity index (χ1) is 11.7. The molecular weight excluding hydrogens is 302 g/mol. The molecule has 1 aliphatic heterocycles. The van der Waals surface area contributed by atoms with E-state index in [4.69, 9.17) is 5.73 Å². The average Bonchev–Trinajstić information content (AvgIpc) is 2.63. The number of amides is 1. The molecule has 1 aromatic rings. The Kier molecular flexibility index (Phi) is 7.27. The number of nitriles is 1. The van der Waals surface area contributed by atoms with Crippen molar-refractivity contribution in [2.24, 2.45) is 5.73 Å². The molecule has 1 aromatic carbocycles. The number of benzene rings is 1. The van der Waals surface area contributed by atoms with Gasteiger partial charge in [0.2, 0.25) is 0 Å². The molecule has 6 heteroatoms. The van der Waals surface area contributed by atoms with Crippen molar-refractivity contribution in [3.8, 4) is 6.07 Å². The van der Waals surface area contributed by atoms with Crippen LogP contribution in [0, 0.1) is 11.3 Å². The highest BCUT2D eigenvalue weighted by Gasteiger charge is 2.23. The lowest BCUT2D eigenvalue weighted by Crippen LogP contribution is -2.50. The van der Waals surface area contributed by atoms with E-state index in [1.54, 1.807) is 4.90 Å². The van der Waals surface area contributed by atoms with Gasteiger partial charge in [-0.25, -0.2) is 0 Å². The number of nitrogens with zero attached hydrogens (tertiary/aromatic N) is 3. The summed E-state index contributed by atoms with van der Waals surface area (Å²) in [5, 5.41) is 12.3. The van der Waals surface area contributed by atoms with Crippen LogP contribution in [0.15, 0.2) is 42.1 Å². The van der Waals surface area contributed by atoms with Crippen molar-refractivity contribution >= 4 is 5.91 Å². The molecule has 0 aliphatic carbocycles. The number of carbonyl (C=O) groups excluding carboxylic acids is 1. The second kappa shape index (κ2) is 9.71. The predicted molar refractivity (Wildman–Crippen MR) is 93.9 cm³/mol. The highest BCUT2D eigenvalue weighted by molar-refractivity contribution is 5.97. The lowest BCUT2D eigenvalue weighted by atomic mass is 10.1. The number of nitrogens with one attached hydrogen (secondary N) is 1. The summed E-state index contributed by atoms with van der Waals surface area (Å²) in [5.41, 5.74) is 6.93. The summed E-state index contributed by atoms with van der Waals surface area (Å²) >= 11 is 0. The first kappa shape index (κ1) is 18.0. The summed E-state index contributed by atoms with van der Waals surface area (Å²) in [6.07, 6.45) is 2.39. The van der Waals surface area contributed by atoms with Crippen LogP contribution in [0.25, 0.3) is 0 Å². The zero-order valence-electron chi connectivity index (χ0n) is 13.9. The summed E-state index contributed by atoms with van der Waals surface area (Å²) in [4.78, 5) is 16.4. The highest BCUT2D eigenvalue weighted by Crippen LogP contribution is 2.06. The van der Waals surface area contributed by atoms with Crippen LogP contribution >= 0.6 is 0 Å². The van der Waals surface area contributed by atoms with Crippen LogP contribution in [0.1, 0.15) is 5.56 Å². The van der Waals surface area contributed by atoms with Crippen molar-refractivity contribution in [3.63, 3.8) is 0 Å². The second-order valence-electron chi connectivity index (χ2n) is 5.78. The molecule has 0 spiro atoms. The molecule has 0 atom stereocenters. The molecule has 24 heavy (non-hydrogen) atoms. The van der Waals surface area contributed by atoms with E-state index in [9.17, 15) is 10.1 Å². The quantitative estimate of drug-likeness (QED) is 0.428. The Hall–Kier alpha value is -2.36. The Morgan fingerprint density at radius 1 is 1.25 bits per heavy atom. The van der Waals surface area contributed by atoms with Crippen molar-refractivity contribution < 1.29 is 4.79 Å². The van der Waals surface area contributed by atoms with Crippen LogP contribution in [-0.4, -0.2) is 61.5 Å². The Morgan fingerprint density at radius 3 is 2.58 bits per heavy atom. The van der Waals surface area contributed by atoms with Crippen LogP contribution in [0.2, 0.25) is 0 Å². The molecule has 6 nitrogen and oxygen atoms in total. The Morgan fingerprint density at radius 2 is 1.96 bits per heavy atom. The molecule has 0 unspecified atom stereocenters. The average molecular weight is 327 g/mol. The fourth-order valence-corrected chi connectivity index (χ4v) is 2.70.